The number of nitrogens with zero attached hydrogens (tertiary/aromatic N) is 4. The summed E-state index contributed by atoms with van der Waals surface area (Å²) in [5.74, 6) is 3.69. The molecule has 4 unspecified atom stereocenters. The molecule has 0 amide bonds. The van der Waals surface area contributed by atoms with Gasteiger partial charge in [0, 0.05) is 52.4 Å². The Balaban J connectivity index is -0.000000170. The average molecular weight is 563 g/mol. The molecule has 212 valence electrons. The quantitative estimate of drug-likeness (QED) is 0.314. The van der Waals surface area contributed by atoms with Gasteiger partial charge in [-0.2, -0.15) is 0 Å². The van der Waals surface area contributed by atoms with Crippen LogP contribution in [0.5, 0.6) is 0 Å². The van der Waals surface area contributed by atoms with E-state index in [4.69, 9.17) is 0 Å². The van der Waals surface area contributed by atoms with Crippen molar-refractivity contribution in [1.29, 1.82) is 0 Å². The summed E-state index contributed by atoms with van der Waals surface area (Å²) in [6.07, 6.45) is 8.36. The van der Waals surface area contributed by atoms with Gasteiger partial charge in [0.25, 0.3) is 0 Å². The highest BCUT2D eigenvalue weighted by Crippen LogP contribution is 2.19. The molecule has 0 aromatic carbocycles. The highest BCUT2D eigenvalue weighted by Gasteiger charge is 2.14. The van der Waals surface area contributed by atoms with Crippen LogP contribution < -0.4 is 12.3 Å². The van der Waals surface area contributed by atoms with Gasteiger partial charge in [0.1, 0.15) is 0 Å². The molecule has 0 radical (unpaired) electrons. The monoisotopic (exact) mass is 562 g/mol. The number of piperidine rings is 2. The van der Waals surface area contributed by atoms with Gasteiger partial charge in [0.2, 0.25) is 0 Å². The maximum atomic E-state index is 2.76. The van der Waals surface area contributed by atoms with Crippen molar-refractivity contribution in [3.63, 3.8) is 0 Å². The largest absolute Gasteiger partial charge is 0.344 e. The molecule has 4 fully saturated rings. The van der Waals surface area contributed by atoms with E-state index in [0.29, 0.717) is 0 Å². The second kappa shape index (κ2) is 24.8. The molecule has 0 aromatic heterocycles. The van der Waals surface area contributed by atoms with Crippen molar-refractivity contribution in [2.75, 3.05) is 52.4 Å². The summed E-state index contributed by atoms with van der Waals surface area (Å²) in [6, 6.07) is 0. The molecule has 4 heterocycles. The number of hydrogen-bond donors (Lipinski definition) is 2. The van der Waals surface area contributed by atoms with E-state index in [1.807, 2.05) is 0 Å². The standard InChI is InChI=1S/2C6H14NP.2C5H12NP.2CH4.2H3N/c2*1-6-3-2-4-7(8)5-6;2*1-5-2-3-6(7)4-5;;;;/h2*6H,2-5,8H2,1H3;2*5H,2-4,7H2,1H3;2*1H4;2*1H3/t2*6-;2*5-;;;;/m1010..../s1. The zero-order valence-corrected chi connectivity index (χ0v) is 26.3. The van der Waals surface area contributed by atoms with Crippen LogP contribution >= 0.6 is 37.6 Å². The van der Waals surface area contributed by atoms with Gasteiger partial charge in [0.15, 0.2) is 0 Å². The van der Waals surface area contributed by atoms with E-state index in [-0.39, 0.29) is 27.2 Å². The Hall–Kier alpha value is 1.48. The van der Waals surface area contributed by atoms with Crippen LogP contribution in [0.3, 0.4) is 0 Å². The van der Waals surface area contributed by atoms with Crippen LogP contribution in [0.1, 0.15) is 81.1 Å². The second-order valence-electron chi connectivity index (χ2n) is 10.3. The first-order valence-corrected chi connectivity index (χ1v) is 14.2. The summed E-state index contributed by atoms with van der Waals surface area (Å²) in [5.41, 5.74) is 0. The summed E-state index contributed by atoms with van der Waals surface area (Å²) < 4.78 is 9.25. The number of hydrogen-bond acceptors (Lipinski definition) is 6. The molecule has 4 rings (SSSR count). The predicted molar refractivity (Wildman–Crippen MR) is 173 cm³/mol. The minimum absolute atomic E-state index is 0. The summed E-state index contributed by atoms with van der Waals surface area (Å²) in [6.45, 7) is 19.4. The van der Waals surface area contributed by atoms with E-state index in [9.17, 15) is 0 Å². The van der Waals surface area contributed by atoms with Crippen LogP contribution in [-0.4, -0.2) is 71.0 Å². The molecule has 4 aliphatic heterocycles. The molecule has 0 bridgehead atoms. The number of rotatable bonds is 0. The fourth-order valence-corrected chi connectivity index (χ4v) is 6.49. The molecule has 4 saturated heterocycles. The average Bonchev–Trinajstić information content (AvgIpc) is 3.22. The molecule has 0 aliphatic carbocycles. The fraction of sp³-hybridized carbons (Fsp3) is 1.00. The lowest BCUT2D eigenvalue weighted by Gasteiger charge is -2.26. The van der Waals surface area contributed by atoms with E-state index in [1.165, 1.54) is 90.9 Å². The zero-order chi connectivity index (χ0) is 22.5. The molecule has 6 nitrogen and oxygen atoms in total. The molecule has 0 aromatic rings. The minimum atomic E-state index is 0. The van der Waals surface area contributed by atoms with Gasteiger partial charge in [-0.05, 0) is 62.2 Å². The van der Waals surface area contributed by atoms with Gasteiger partial charge in [-0.15, -0.1) is 0 Å². The van der Waals surface area contributed by atoms with Crippen molar-refractivity contribution in [1.82, 2.24) is 31.0 Å². The molecular weight excluding hydrogens is 496 g/mol. The Morgan fingerprint density at radius 3 is 0.794 bits per heavy atom. The maximum absolute atomic E-state index is 2.76. The third kappa shape index (κ3) is 22.7. The lowest BCUT2D eigenvalue weighted by atomic mass is 10.0. The molecule has 10 heteroatoms. The highest BCUT2D eigenvalue weighted by atomic mass is 31.0. The molecule has 6 N–H and O–H groups in total. The van der Waals surface area contributed by atoms with Gasteiger partial charge in [-0.1, -0.05) is 80.1 Å². The zero-order valence-electron chi connectivity index (χ0n) is 21.7. The lowest BCUT2D eigenvalue weighted by Crippen LogP contribution is -2.25. The van der Waals surface area contributed by atoms with Crippen LogP contribution in [-0.2, 0) is 0 Å². The van der Waals surface area contributed by atoms with Crippen molar-refractivity contribution in [2.45, 2.75) is 81.1 Å². The van der Waals surface area contributed by atoms with E-state index in [0.717, 1.165) is 23.7 Å². The molecule has 34 heavy (non-hydrogen) atoms. The Labute approximate surface area is 225 Å². The minimum Gasteiger partial charge on any atom is -0.344 e. The normalized spacial score (nSPS) is 29.6. The van der Waals surface area contributed by atoms with E-state index in [1.54, 1.807) is 0 Å². The summed E-state index contributed by atoms with van der Waals surface area (Å²) in [4.78, 5) is 0. The van der Waals surface area contributed by atoms with Crippen LogP contribution in [0.25, 0.3) is 0 Å². The Morgan fingerprint density at radius 2 is 0.676 bits per heavy atom. The van der Waals surface area contributed by atoms with Gasteiger partial charge in [-0.3, -0.25) is 18.7 Å². The lowest BCUT2D eigenvalue weighted by molar-refractivity contribution is 0.301. The summed E-state index contributed by atoms with van der Waals surface area (Å²) in [5, 5.41) is 0. The third-order valence-electron chi connectivity index (χ3n) is 6.29. The Bertz CT molecular complexity index is 368. The smallest absolute Gasteiger partial charge is 0.00424 e. The van der Waals surface area contributed by atoms with Crippen LogP contribution in [0, 0.1) is 23.7 Å². The molecule has 0 spiro atoms. The van der Waals surface area contributed by atoms with E-state index in [2.05, 4.69) is 83.9 Å². The van der Waals surface area contributed by atoms with Gasteiger partial charge >= 0.3 is 0 Å². The molecule has 8 atom stereocenters. The second-order valence-corrected chi connectivity index (χ2v) is 13.2. The van der Waals surface area contributed by atoms with E-state index >= 15 is 0 Å². The van der Waals surface area contributed by atoms with Crippen LogP contribution in [0.2, 0.25) is 0 Å². The van der Waals surface area contributed by atoms with Crippen molar-refractivity contribution >= 4 is 37.6 Å². The first-order chi connectivity index (χ1) is 14.2. The van der Waals surface area contributed by atoms with Crippen molar-refractivity contribution in [3.05, 3.63) is 0 Å². The van der Waals surface area contributed by atoms with Crippen molar-refractivity contribution in [2.24, 2.45) is 23.7 Å². The van der Waals surface area contributed by atoms with Crippen molar-refractivity contribution < 1.29 is 0 Å². The fourth-order valence-electron chi connectivity index (χ4n) is 4.39. The highest BCUT2D eigenvalue weighted by molar-refractivity contribution is 7.13. The Morgan fingerprint density at radius 1 is 0.441 bits per heavy atom. The van der Waals surface area contributed by atoms with Crippen molar-refractivity contribution in [3.8, 4) is 0 Å². The van der Waals surface area contributed by atoms with Crippen LogP contribution in [0.4, 0.5) is 0 Å². The summed E-state index contributed by atoms with van der Waals surface area (Å²) >= 11 is 0. The van der Waals surface area contributed by atoms with E-state index < -0.39 is 0 Å². The first kappa shape index (κ1) is 42.6. The van der Waals surface area contributed by atoms with Gasteiger partial charge < -0.3 is 12.3 Å². The Kier molecular flexibility index (Phi) is 31.0. The SMILES string of the molecule is C.C.C[C@@H]1CCCN(P)C1.C[C@@H]1CCN(P)C1.C[C@H]1CCCN(P)C1.C[C@H]1CCN(P)C1.N.N. The molecular formula is C24H66N6P4. The van der Waals surface area contributed by atoms with Gasteiger partial charge in [0.05, 0.1) is 0 Å². The van der Waals surface area contributed by atoms with Gasteiger partial charge in [-0.25, -0.2) is 0 Å². The predicted octanol–water partition coefficient (Wildman–Crippen LogP) is 6.85. The molecule has 4 aliphatic rings. The first-order valence-electron chi connectivity index (χ1n) is 12.1. The molecule has 0 saturated carbocycles. The third-order valence-corrected chi connectivity index (χ3v) is 8.16. The van der Waals surface area contributed by atoms with Crippen LogP contribution in [0.15, 0.2) is 0 Å². The summed E-state index contributed by atoms with van der Waals surface area (Å²) in [7, 11) is 11.0. The topological polar surface area (TPSA) is 83.0 Å². The maximum Gasteiger partial charge on any atom is 0.00424 e.